The topological polar surface area (TPSA) is 63.4 Å². The second kappa shape index (κ2) is 5.43. The molecule has 2 amide bonds. The Balaban J connectivity index is 2.30. The maximum Gasteiger partial charge on any atom is 0.254 e. The monoisotopic (exact) mass is 260 g/mol. The Labute approximate surface area is 113 Å². The molecule has 1 aliphatic rings. The summed E-state index contributed by atoms with van der Waals surface area (Å²) in [5.74, 6) is -0.484. The Kier molecular flexibility index (Phi) is 3.88. The molecule has 1 aromatic rings. The number of primary amides is 1. The number of rotatable bonds is 3. The summed E-state index contributed by atoms with van der Waals surface area (Å²) in [6.45, 7) is 4.77. The van der Waals surface area contributed by atoms with Gasteiger partial charge in [0, 0.05) is 23.7 Å². The quantitative estimate of drug-likeness (QED) is 0.904. The molecule has 0 radical (unpaired) electrons. The molecule has 0 unspecified atom stereocenters. The number of nitrogens with two attached hydrogens (primary N) is 1. The van der Waals surface area contributed by atoms with Gasteiger partial charge in [0.05, 0.1) is 0 Å². The van der Waals surface area contributed by atoms with Crippen LogP contribution in [-0.2, 0) is 0 Å². The van der Waals surface area contributed by atoms with E-state index in [2.05, 4.69) is 6.92 Å². The zero-order valence-electron chi connectivity index (χ0n) is 11.5. The highest BCUT2D eigenvalue weighted by Crippen LogP contribution is 2.23. The minimum Gasteiger partial charge on any atom is -0.366 e. The second-order valence-corrected chi connectivity index (χ2v) is 5.15. The standard InChI is InChI=1S/C15H20N2O2/c1-3-13-5-4-6-17(13)15(19)12-8-10(2)7-11(9-12)14(16)18/h7-9,13H,3-6H2,1-2H3,(H2,16,18)/t13-/m0/s1. The van der Waals surface area contributed by atoms with Crippen LogP contribution in [0.5, 0.6) is 0 Å². The van der Waals surface area contributed by atoms with Crippen LogP contribution in [0.3, 0.4) is 0 Å². The zero-order valence-corrected chi connectivity index (χ0v) is 11.5. The molecule has 0 aliphatic carbocycles. The molecule has 2 rings (SSSR count). The molecule has 0 saturated carbocycles. The minimum absolute atomic E-state index is 0.00977. The van der Waals surface area contributed by atoms with Crippen LogP contribution >= 0.6 is 0 Å². The molecule has 4 nitrogen and oxygen atoms in total. The summed E-state index contributed by atoms with van der Waals surface area (Å²) in [5, 5.41) is 0. The van der Waals surface area contributed by atoms with Crippen LogP contribution in [0.25, 0.3) is 0 Å². The van der Waals surface area contributed by atoms with Gasteiger partial charge < -0.3 is 10.6 Å². The smallest absolute Gasteiger partial charge is 0.254 e. The number of hydrogen-bond acceptors (Lipinski definition) is 2. The van der Waals surface area contributed by atoms with E-state index in [0.29, 0.717) is 17.2 Å². The molecule has 1 fully saturated rings. The minimum atomic E-state index is -0.494. The highest BCUT2D eigenvalue weighted by atomic mass is 16.2. The molecule has 1 aromatic carbocycles. The average molecular weight is 260 g/mol. The summed E-state index contributed by atoms with van der Waals surface area (Å²) in [6.07, 6.45) is 3.09. The largest absolute Gasteiger partial charge is 0.366 e. The van der Waals surface area contributed by atoms with Gasteiger partial charge in [0.2, 0.25) is 5.91 Å². The molecular formula is C15H20N2O2. The Morgan fingerprint density at radius 2 is 2.00 bits per heavy atom. The highest BCUT2D eigenvalue weighted by Gasteiger charge is 2.28. The van der Waals surface area contributed by atoms with Crippen LogP contribution in [0.15, 0.2) is 18.2 Å². The first-order valence-electron chi connectivity index (χ1n) is 6.75. The lowest BCUT2D eigenvalue weighted by molar-refractivity contribution is 0.0733. The van der Waals surface area contributed by atoms with E-state index in [1.54, 1.807) is 12.1 Å². The van der Waals surface area contributed by atoms with Crippen molar-refractivity contribution in [3.05, 3.63) is 34.9 Å². The number of hydrogen-bond donors (Lipinski definition) is 1. The van der Waals surface area contributed by atoms with E-state index in [9.17, 15) is 9.59 Å². The second-order valence-electron chi connectivity index (χ2n) is 5.15. The average Bonchev–Trinajstić information content (AvgIpc) is 2.85. The number of aryl methyl sites for hydroxylation is 1. The van der Waals surface area contributed by atoms with Crippen molar-refractivity contribution in [3.8, 4) is 0 Å². The van der Waals surface area contributed by atoms with Gasteiger partial charge in [-0.1, -0.05) is 6.92 Å². The summed E-state index contributed by atoms with van der Waals surface area (Å²) in [7, 11) is 0. The number of likely N-dealkylation sites (tertiary alicyclic amines) is 1. The van der Waals surface area contributed by atoms with Crippen LogP contribution in [0.2, 0.25) is 0 Å². The van der Waals surface area contributed by atoms with Crippen molar-refractivity contribution in [2.75, 3.05) is 6.54 Å². The van der Waals surface area contributed by atoms with E-state index in [1.165, 1.54) is 0 Å². The first-order chi connectivity index (χ1) is 9.02. The molecule has 2 N–H and O–H groups in total. The Morgan fingerprint density at radius 3 is 2.63 bits per heavy atom. The van der Waals surface area contributed by atoms with E-state index in [4.69, 9.17) is 5.73 Å². The Morgan fingerprint density at radius 1 is 1.32 bits per heavy atom. The van der Waals surface area contributed by atoms with Crippen molar-refractivity contribution in [1.82, 2.24) is 4.90 Å². The van der Waals surface area contributed by atoms with Gasteiger partial charge in [-0.25, -0.2) is 0 Å². The van der Waals surface area contributed by atoms with Gasteiger partial charge in [-0.3, -0.25) is 9.59 Å². The van der Waals surface area contributed by atoms with Crippen LogP contribution in [0.4, 0.5) is 0 Å². The molecule has 1 saturated heterocycles. The Hall–Kier alpha value is -1.84. The van der Waals surface area contributed by atoms with Crippen LogP contribution < -0.4 is 5.73 Å². The Bertz CT molecular complexity index is 511. The van der Waals surface area contributed by atoms with Crippen molar-refractivity contribution >= 4 is 11.8 Å². The fourth-order valence-electron chi connectivity index (χ4n) is 2.74. The van der Waals surface area contributed by atoms with Gasteiger partial charge >= 0.3 is 0 Å². The molecule has 0 aromatic heterocycles. The summed E-state index contributed by atoms with van der Waals surface area (Å²) in [4.78, 5) is 25.7. The fraction of sp³-hybridized carbons (Fsp3) is 0.467. The predicted molar refractivity (Wildman–Crippen MR) is 74.0 cm³/mol. The van der Waals surface area contributed by atoms with Crippen molar-refractivity contribution in [2.45, 2.75) is 39.2 Å². The summed E-state index contributed by atoms with van der Waals surface area (Å²) in [5.41, 5.74) is 7.14. The third-order valence-corrected chi connectivity index (χ3v) is 3.72. The first-order valence-corrected chi connectivity index (χ1v) is 6.75. The van der Waals surface area contributed by atoms with Crippen LogP contribution in [-0.4, -0.2) is 29.3 Å². The molecule has 1 heterocycles. The van der Waals surface area contributed by atoms with E-state index in [1.807, 2.05) is 17.9 Å². The maximum absolute atomic E-state index is 12.5. The lowest BCUT2D eigenvalue weighted by Crippen LogP contribution is -2.35. The number of carbonyl (C=O) groups is 2. The molecular weight excluding hydrogens is 240 g/mol. The highest BCUT2D eigenvalue weighted by molar-refractivity contribution is 5.99. The van der Waals surface area contributed by atoms with Gasteiger partial charge in [-0.2, -0.15) is 0 Å². The lowest BCUT2D eigenvalue weighted by Gasteiger charge is -2.24. The molecule has 1 aliphatic heterocycles. The van der Waals surface area contributed by atoms with E-state index in [-0.39, 0.29) is 5.91 Å². The van der Waals surface area contributed by atoms with E-state index >= 15 is 0 Å². The van der Waals surface area contributed by atoms with Crippen molar-refractivity contribution in [3.63, 3.8) is 0 Å². The zero-order chi connectivity index (χ0) is 14.0. The number of carbonyl (C=O) groups excluding carboxylic acids is 2. The summed E-state index contributed by atoms with van der Waals surface area (Å²) >= 11 is 0. The van der Waals surface area contributed by atoms with Gasteiger partial charge in [0.25, 0.3) is 5.91 Å². The lowest BCUT2D eigenvalue weighted by atomic mass is 10.0. The SMILES string of the molecule is CC[C@H]1CCCN1C(=O)c1cc(C)cc(C(N)=O)c1. The fourth-order valence-corrected chi connectivity index (χ4v) is 2.74. The number of benzene rings is 1. The number of nitrogens with zero attached hydrogens (tertiary/aromatic N) is 1. The van der Waals surface area contributed by atoms with Crippen LogP contribution in [0.1, 0.15) is 52.5 Å². The van der Waals surface area contributed by atoms with Crippen molar-refractivity contribution < 1.29 is 9.59 Å². The summed E-state index contributed by atoms with van der Waals surface area (Å²) < 4.78 is 0. The van der Waals surface area contributed by atoms with Crippen molar-refractivity contribution in [1.29, 1.82) is 0 Å². The predicted octanol–water partition coefficient (Wildman–Crippen LogP) is 2.11. The van der Waals surface area contributed by atoms with Gasteiger partial charge in [-0.15, -0.1) is 0 Å². The van der Waals surface area contributed by atoms with Crippen LogP contribution in [0, 0.1) is 6.92 Å². The molecule has 0 bridgehead atoms. The third kappa shape index (κ3) is 2.78. The van der Waals surface area contributed by atoms with Gasteiger partial charge in [-0.05, 0) is 49.9 Å². The maximum atomic E-state index is 12.5. The molecule has 4 heteroatoms. The third-order valence-electron chi connectivity index (χ3n) is 3.72. The van der Waals surface area contributed by atoms with Gasteiger partial charge in [0.15, 0.2) is 0 Å². The van der Waals surface area contributed by atoms with Gasteiger partial charge in [0.1, 0.15) is 0 Å². The first kappa shape index (κ1) is 13.6. The summed E-state index contributed by atoms with van der Waals surface area (Å²) in [6, 6.07) is 5.45. The van der Waals surface area contributed by atoms with E-state index in [0.717, 1.165) is 31.4 Å². The normalized spacial score (nSPS) is 18.6. The molecule has 19 heavy (non-hydrogen) atoms. The number of amides is 2. The van der Waals surface area contributed by atoms with Crippen molar-refractivity contribution in [2.24, 2.45) is 5.73 Å². The van der Waals surface area contributed by atoms with E-state index < -0.39 is 5.91 Å². The molecule has 0 spiro atoms. The molecule has 1 atom stereocenters. The molecule has 102 valence electrons.